The second-order valence-corrected chi connectivity index (χ2v) is 16.9. The van der Waals surface area contributed by atoms with Crippen molar-refractivity contribution in [2.45, 2.75) is 245 Å². The average Bonchev–Trinajstić information content (AvgIpc) is 3.00. The second kappa shape index (κ2) is 36.7. The molecule has 1 N–H and O–H groups in total. The molecule has 2 nitrogen and oxygen atoms in total. The minimum absolute atomic E-state index is 0.560. The van der Waals surface area contributed by atoms with Crippen LogP contribution in [0.25, 0.3) is 0 Å². The van der Waals surface area contributed by atoms with Gasteiger partial charge in [0.15, 0.2) is 0 Å². The minimum atomic E-state index is -2.88. The molecule has 260 valence electrons. The molecule has 0 atom stereocenters. The number of unbranched alkanes of at least 4 members (excludes halogenated alkanes) is 34. The summed E-state index contributed by atoms with van der Waals surface area (Å²) in [5.41, 5.74) is 0. The SMILES string of the molecule is CCCCCCCCCCCCCCCCCCCCP(=O)(O)CCCCCCCCCCCCCCCCCCCC. The van der Waals surface area contributed by atoms with E-state index in [1.807, 2.05) is 0 Å². The van der Waals surface area contributed by atoms with Crippen LogP contribution < -0.4 is 0 Å². The third-order valence-corrected chi connectivity index (χ3v) is 11.8. The molecular weight excluding hydrogens is 543 g/mol. The van der Waals surface area contributed by atoms with E-state index < -0.39 is 7.37 Å². The fourth-order valence-electron chi connectivity index (χ4n) is 6.63. The predicted octanol–water partition coefficient (Wildman–Crippen LogP) is 15.3. The maximum Gasteiger partial charge on any atom is 0.200 e. The van der Waals surface area contributed by atoms with Gasteiger partial charge in [0.2, 0.25) is 7.37 Å². The van der Waals surface area contributed by atoms with Gasteiger partial charge in [0, 0.05) is 12.3 Å². The zero-order valence-electron chi connectivity index (χ0n) is 30.2. The summed E-state index contributed by atoms with van der Waals surface area (Å²) in [5, 5.41) is 0. The van der Waals surface area contributed by atoms with E-state index in [4.69, 9.17) is 0 Å². The van der Waals surface area contributed by atoms with Crippen LogP contribution in [0.15, 0.2) is 0 Å². The Morgan fingerprint density at radius 1 is 0.279 bits per heavy atom. The summed E-state index contributed by atoms with van der Waals surface area (Å²) >= 11 is 0. The molecule has 0 radical (unpaired) electrons. The molecule has 0 aromatic rings. The Balaban J connectivity index is 3.26. The monoisotopic (exact) mass is 627 g/mol. The molecule has 0 bridgehead atoms. The Bertz CT molecular complexity index is 505. The van der Waals surface area contributed by atoms with Crippen LogP contribution in [0.4, 0.5) is 0 Å². The van der Waals surface area contributed by atoms with Crippen LogP contribution in [0.1, 0.15) is 245 Å². The van der Waals surface area contributed by atoms with Crippen molar-refractivity contribution < 1.29 is 9.46 Å². The summed E-state index contributed by atoms with van der Waals surface area (Å²) in [6.45, 7) is 4.59. The lowest BCUT2D eigenvalue weighted by Crippen LogP contribution is -1.96. The highest BCUT2D eigenvalue weighted by atomic mass is 31.2. The lowest BCUT2D eigenvalue weighted by atomic mass is 10.0. The van der Waals surface area contributed by atoms with Crippen molar-refractivity contribution in [2.24, 2.45) is 0 Å². The normalized spacial score (nSPS) is 12.0. The highest BCUT2D eigenvalue weighted by Crippen LogP contribution is 2.42. The standard InChI is InChI=1S/C40H83O2P/c1-3-5-7-9-11-13-15-17-19-21-23-25-27-29-31-33-35-37-39-43(41,42)40-38-36-34-32-30-28-26-24-22-20-18-16-14-12-10-8-6-4-2/h3-40H2,1-2H3,(H,41,42). The van der Waals surface area contributed by atoms with E-state index in [1.165, 1.54) is 205 Å². The molecule has 0 heterocycles. The van der Waals surface area contributed by atoms with Gasteiger partial charge in [-0.2, -0.15) is 0 Å². The molecule has 0 unspecified atom stereocenters. The van der Waals surface area contributed by atoms with Crippen LogP contribution in [0, 0.1) is 0 Å². The molecule has 0 aromatic carbocycles. The molecule has 0 aliphatic rings. The van der Waals surface area contributed by atoms with Gasteiger partial charge in [0.25, 0.3) is 0 Å². The third-order valence-electron chi connectivity index (χ3n) is 9.72. The Morgan fingerprint density at radius 3 is 0.581 bits per heavy atom. The minimum Gasteiger partial charge on any atom is -0.344 e. The van der Waals surface area contributed by atoms with E-state index in [2.05, 4.69) is 13.8 Å². The molecule has 0 rings (SSSR count). The summed E-state index contributed by atoms with van der Waals surface area (Å²) < 4.78 is 12.5. The first-order chi connectivity index (χ1) is 21.1. The van der Waals surface area contributed by atoms with Gasteiger partial charge < -0.3 is 4.89 Å². The van der Waals surface area contributed by atoms with Crippen molar-refractivity contribution in [3.63, 3.8) is 0 Å². The molecule has 43 heavy (non-hydrogen) atoms. The molecule has 0 saturated carbocycles. The smallest absolute Gasteiger partial charge is 0.200 e. The number of rotatable bonds is 38. The van der Waals surface area contributed by atoms with E-state index in [1.54, 1.807) is 0 Å². The quantitative estimate of drug-likeness (QED) is 0.0547. The predicted molar refractivity (Wildman–Crippen MR) is 197 cm³/mol. The highest BCUT2D eigenvalue weighted by molar-refractivity contribution is 7.57. The van der Waals surface area contributed by atoms with Crippen molar-refractivity contribution in [1.82, 2.24) is 0 Å². The van der Waals surface area contributed by atoms with Crippen LogP contribution in [0.5, 0.6) is 0 Å². The zero-order chi connectivity index (χ0) is 31.4. The second-order valence-electron chi connectivity index (χ2n) is 14.3. The fourth-order valence-corrected chi connectivity index (χ4v) is 8.29. The van der Waals surface area contributed by atoms with Gasteiger partial charge in [-0.05, 0) is 12.8 Å². The van der Waals surface area contributed by atoms with Gasteiger partial charge in [0.05, 0.1) is 0 Å². The summed E-state index contributed by atoms with van der Waals surface area (Å²) in [5.74, 6) is 0. The number of hydrogen-bond acceptors (Lipinski definition) is 1. The topological polar surface area (TPSA) is 37.3 Å². The summed E-state index contributed by atoms with van der Waals surface area (Å²) in [6.07, 6.45) is 50.2. The van der Waals surface area contributed by atoms with Crippen LogP contribution >= 0.6 is 7.37 Å². The lowest BCUT2D eigenvalue weighted by Gasteiger charge is -2.11. The highest BCUT2D eigenvalue weighted by Gasteiger charge is 2.16. The van der Waals surface area contributed by atoms with Gasteiger partial charge in [-0.15, -0.1) is 0 Å². The van der Waals surface area contributed by atoms with Gasteiger partial charge in [-0.1, -0.05) is 232 Å². The maximum absolute atomic E-state index is 12.5. The molecule has 0 aromatic heterocycles. The Hall–Kier alpha value is 0.190. The molecule has 3 heteroatoms. The molecule has 0 aliphatic heterocycles. The van der Waals surface area contributed by atoms with E-state index >= 15 is 0 Å². The first kappa shape index (κ1) is 43.2. The Kier molecular flexibility index (Phi) is 36.8. The van der Waals surface area contributed by atoms with Crippen molar-refractivity contribution in [3.8, 4) is 0 Å². The lowest BCUT2D eigenvalue weighted by molar-refractivity contribution is 0.468. The summed E-state index contributed by atoms with van der Waals surface area (Å²) in [4.78, 5) is 10.3. The fraction of sp³-hybridized carbons (Fsp3) is 1.00. The van der Waals surface area contributed by atoms with Crippen LogP contribution in [-0.2, 0) is 4.57 Å². The molecular formula is C40H83O2P. The molecule has 0 aliphatic carbocycles. The molecule has 0 amide bonds. The average molecular weight is 627 g/mol. The zero-order valence-corrected chi connectivity index (χ0v) is 31.1. The van der Waals surface area contributed by atoms with Gasteiger partial charge in [-0.3, -0.25) is 4.57 Å². The van der Waals surface area contributed by atoms with Crippen LogP contribution in [0.2, 0.25) is 0 Å². The van der Waals surface area contributed by atoms with E-state index in [-0.39, 0.29) is 0 Å². The Labute approximate surface area is 273 Å². The first-order valence-electron chi connectivity index (χ1n) is 20.4. The van der Waals surface area contributed by atoms with Crippen molar-refractivity contribution in [1.29, 1.82) is 0 Å². The van der Waals surface area contributed by atoms with Crippen LogP contribution in [0.3, 0.4) is 0 Å². The van der Waals surface area contributed by atoms with E-state index in [0.717, 1.165) is 25.7 Å². The summed E-state index contributed by atoms with van der Waals surface area (Å²) in [6, 6.07) is 0. The number of hydrogen-bond donors (Lipinski definition) is 1. The first-order valence-corrected chi connectivity index (χ1v) is 22.5. The third kappa shape index (κ3) is 38.3. The molecule has 0 spiro atoms. The molecule has 0 saturated heterocycles. The van der Waals surface area contributed by atoms with Crippen LogP contribution in [-0.4, -0.2) is 17.2 Å². The summed E-state index contributed by atoms with van der Waals surface area (Å²) in [7, 11) is -2.88. The maximum atomic E-state index is 12.5. The Morgan fingerprint density at radius 2 is 0.419 bits per heavy atom. The van der Waals surface area contributed by atoms with E-state index in [0.29, 0.717) is 12.3 Å². The van der Waals surface area contributed by atoms with Crippen molar-refractivity contribution >= 4 is 7.37 Å². The van der Waals surface area contributed by atoms with Gasteiger partial charge in [0.1, 0.15) is 0 Å². The van der Waals surface area contributed by atoms with E-state index in [9.17, 15) is 9.46 Å². The van der Waals surface area contributed by atoms with Crippen molar-refractivity contribution in [3.05, 3.63) is 0 Å². The molecule has 0 fully saturated rings. The largest absolute Gasteiger partial charge is 0.344 e. The van der Waals surface area contributed by atoms with Gasteiger partial charge in [-0.25, -0.2) is 0 Å². The van der Waals surface area contributed by atoms with Crippen molar-refractivity contribution in [2.75, 3.05) is 12.3 Å². The van der Waals surface area contributed by atoms with Gasteiger partial charge >= 0.3 is 0 Å².